The number of ether oxygens (including phenoxy) is 6. The first-order valence-electron chi connectivity index (χ1n) is 8.08. The number of hydrogen-bond donors (Lipinski definition) is 0. The molecule has 0 fully saturated rings. The Kier molecular flexibility index (Phi) is 3.99. The molecule has 0 amide bonds. The highest BCUT2D eigenvalue weighted by Gasteiger charge is 2.33. The van der Waals surface area contributed by atoms with E-state index in [1.807, 2.05) is 12.1 Å². The van der Waals surface area contributed by atoms with Crippen LogP contribution in [-0.2, 0) is 4.79 Å². The highest BCUT2D eigenvalue weighted by molar-refractivity contribution is 5.79. The summed E-state index contributed by atoms with van der Waals surface area (Å²) in [4.78, 5) is 12.2. The summed E-state index contributed by atoms with van der Waals surface area (Å²) in [7, 11) is 4.70. The summed E-state index contributed by atoms with van der Waals surface area (Å²) in [5, 5.41) is 0. The van der Waals surface area contributed by atoms with Crippen LogP contribution in [0.25, 0.3) is 0 Å². The standard InChI is InChI=1S/C19H18O7/c1-21-13-7-16(23-3)15(22-2)4-11(13)10-6-19(20)26-14-8-18-17(5-12(10)14)24-9-25-18/h4-5,7-8,10H,6,9H2,1-3H3. The van der Waals surface area contributed by atoms with Crippen LogP contribution in [0.1, 0.15) is 23.5 Å². The van der Waals surface area contributed by atoms with E-state index in [1.54, 1.807) is 33.5 Å². The van der Waals surface area contributed by atoms with E-state index in [0.29, 0.717) is 34.5 Å². The van der Waals surface area contributed by atoms with Gasteiger partial charge in [-0.2, -0.15) is 0 Å². The second-order valence-electron chi connectivity index (χ2n) is 5.92. The van der Waals surface area contributed by atoms with Gasteiger partial charge in [-0.15, -0.1) is 0 Å². The first-order chi connectivity index (χ1) is 12.6. The van der Waals surface area contributed by atoms with Crippen LogP contribution in [0.4, 0.5) is 0 Å². The molecule has 7 heteroatoms. The van der Waals surface area contributed by atoms with Crippen molar-refractivity contribution in [1.82, 2.24) is 0 Å². The third-order valence-electron chi connectivity index (χ3n) is 4.59. The number of carbonyl (C=O) groups is 1. The predicted molar refractivity (Wildman–Crippen MR) is 90.8 cm³/mol. The van der Waals surface area contributed by atoms with E-state index >= 15 is 0 Å². The number of methoxy groups -OCH3 is 3. The molecular formula is C19H18O7. The van der Waals surface area contributed by atoms with Crippen LogP contribution in [0.2, 0.25) is 0 Å². The summed E-state index contributed by atoms with van der Waals surface area (Å²) in [6, 6.07) is 7.12. The fourth-order valence-electron chi connectivity index (χ4n) is 3.34. The van der Waals surface area contributed by atoms with Crippen LogP contribution in [0.5, 0.6) is 34.5 Å². The Hall–Kier alpha value is -3.09. The molecule has 0 radical (unpaired) electrons. The molecule has 0 N–H and O–H groups in total. The van der Waals surface area contributed by atoms with Crippen molar-refractivity contribution in [3.05, 3.63) is 35.4 Å². The zero-order chi connectivity index (χ0) is 18.3. The van der Waals surface area contributed by atoms with Crippen molar-refractivity contribution in [3.8, 4) is 34.5 Å². The molecule has 2 aliphatic heterocycles. The molecule has 0 aliphatic carbocycles. The van der Waals surface area contributed by atoms with Gasteiger partial charge in [0.15, 0.2) is 23.0 Å². The molecule has 7 nitrogen and oxygen atoms in total. The van der Waals surface area contributed by atoms with Gasteiger partial charge in [0, 0.05) is 29.2 Å². The van der Waals surface area contributed by atoms with Crippen LogP contribution < -0.4 is 28.4 Å². The maximum absolute atomic E-state index is 12.2. The fraction of sp³-hybridized carbons (Fsp3) is 0.316. The quantitative estimate of drug-likeness (QED) is 0.615. The average molecular weight is 358 g/mol. The van der Waals surface area contributed by atoms with Crippen LogP contribution in [0.15, 0.2) is 24.3 Å². The summed E-state index contributed by atoms with van der Waals surface area (Å²) in [6.07, 6.45) is 0.179. The topological polar surface area (TPSA) is 72.5 Å². The van der Waals surface area contributed by atoms with Gasteiger partial charge in [-0.25, -0.2) is 0 Å². The maximum Gasteiger partial charge on any atom is 0.312 e. The molecule has 2 aromatic carbocycles. The molecule has 0 bridgehead atoms. The van der Waals surface area contributed by atoms with Gasteiger partial charge in [0.2, 0.25) is 6.79 Å². The van der Waals surface area contributed by atoms with Gasteiger partial charge in [0.05, 0.1) is 27.8 Å². The monoisotopic (exact) mass is 358 g/mol. The lowest BCUT2D eigenvalue weighted by Gasteiger charge is -2.27. The van der Waals surface area contributed by atoms with Crippen molar-refractivity contribution < 1.29 is 33.2 Å². The van der Waals surface area contributed by atoms with Crippen molar-refractivity contribution in [2.24, 2.45) is 0 Å². The van der Waals surface area contributed by atoms with E-state index in [9.17, 15) is 4.79 Å². The van der Waals surface area contributed by atoms with Crippen LogP contribution >= 0.6 is 0 Å². The van der Waals surface area contributed by atoms with Gasteiger partial charge in [-0.05, 0) is 12.1 Å². The molecule has 1 atom stereocenters. The second-order valence-corrected chi connectivity index (χ2v) is 5.92. The van der Waals surface area contributed by atoms with Gasteiger partial charge in [0.25, 0.3) is 0 Å². The summed E-state index contributed by atoms with van der Waals surface area (Å²) in [5.41, 5.74) is 1.64. The van der Waals surface area contributed by atoms with Crippen molar-refractivity contribution in [1.29, 1.82) is 0 Å². The summed E-state index contributed by atoms with van der Waals surface area (Å²) < 4.78 is 32.6. The fourth-order valence-corrected chi connectivity index (χ4v) is 3.34. The number of fused-ring (bicyclic) bond motifs is 2. The lowest BCUT2D eigenvalue weighted by atomic mass is 9.85. The molecule has 0 saturated heterocycles. The minimum atomic E-state index is -0.321. The first kappa shape index (κ1) is 16.4. The van der Waals surface area contributed by atoms with E-state index < -0.39 is 0 Å². The van der Waals surface area contributed by atoms with Gasteiger partial charge >= 0.3 is 5.97 Å². The number of esters is 1. The van der Waals surface area contributed by atoms with E-state index in [-0.39, 0.29) is 25.1 Å². The molecule has 2 aliphatic rings. The van der Waals surface area contributed by atoms with E-state index in [0.717, 1.165) is 11.1 Å². The normalized spacial score (nSPS) is 17.3. The first-order valence-corrected chi connectivity index (χ1v) is 8.08. The molecule has 1 unspecified atom stereocenters. The largest absolute Gasteiger partial charge is 0.496 e. The van der Waals surface area contributed by atoms with Gasteiger partial charge in [-0.3, -0.25) is 4.79 Å². The second kappa shape index (κ2) is 6.33. The third kappa shape index (κ3) is 2.56. The molecule has 136 valence electrons. The minimum Gasteiger partial charge on any atom is -0.496 e. The minimum absolute atomic E-state index is 0.149. The van der Waals surface area contributed by atoms with Gasteiger partial charge in [-0.1, -0.05) is 0 Å². The Morgan fingerprint density at radius 3 is 2.15 bits per heavy atom. The molecule has 0 saturated carbocycles. The number of hydrogen-bond acceptors (Lipinski definition) is 7. The van der Waals surface area contributed by atoms with Gasteiger partial charge in [0.1, 0.15) is 11.5 Å². The number of carbonyl (C=O) groups excluding carboxylic acids is 1. The zero-order valence-corrected chi connectivity index (χ0v) is 14.7. The van der Waals surface area contributed by atoms with Crippen LogP contribution in [0.3, 0.4) is 0 Å². The van der Waals surface area contributed by atoms with E-state index in [1.165, 1.54) is 0 Å². The average Bonchev–Trinajstić information content (AvgIpc) is 3.11. The smallest absolute Gasteiger partial charge is 0.312 e. The molecule has 0 aromatic heterocycles. The molecule has 4 rings (SSSR count). The lowest BCUT2D eigenvalue weighted by molar-refractivity contribution is -0.135. The van der Waals surface area contributed by atoms with Gasteiger partial charge < -0.3 is 28.4 Å². The summed E-state index contributed by atoms with van der Waals surface area (Å²) in [6.45, 7) is 0.149. The van der Waals surface area contributed by atoms with Crippen molar-refractivity contribution in [2.45, 2.75) is 12.3 Å². The lowest BCUT2D eigenvalue weighted by Crippen LogP contribution is -2.21. The molecule has 2 heterocycles. The molecule has 0 spiro atoms. The highest BCUT2D eigenvalue weighted by atomic mass is 16.7. The highest BCUT2D eigenvalue weighted by Crippen LogP contribution is 2.49. The number of rotatable bonds is 4. The Labute approximate surface area is 150 Å². The van der Waals surface area contributed by atoms with E-state index in [4.69, 9.17) is 28.4 Å². The molecule has 26 heavy (non-hydrogen) atoms. The van der Waals surface area contributed by atoms with Crippen molar-refractivity contribution in [2.75, 3.05) is 28.1 Å². The predicted octanol–water partition coefficient (Wildman–Crippen LogP) is 2.88. The Balaban J connectivity index is 1.88. The SMILES string of the molecule is COc1cc(OC)c(C2CC(=O)Oc3cc4c(cc32)OCO4)cc1OC. The third-order valence-corrected chi connectivity index (χ3v) is 4.59. The van der Waals surface area contributed by atoms with Crippen LogP contribution in [0, 0.1) is 0 Å². The Bertz CT molecular complexity index is 875. The van der Waals surface area contributed by atoms with Crippen LogP contribution in [-0.4, -0.2) is 34.1 Å². The Morgan fingerprint density at radius 1 is 0.808 bits per heavy atom. The molecule has 2 aromatic rings. The molecular weight excluding hydrogens is 340 g/mol. The maximum atomic E-state index is 12.2. The van der Waals surface area contributed by atoms with E-state index in [2.05, 4.69) is 0 Å². The van der Waals surface area contributed by atoms with Crippen molar-refractivity contribution >= 4 is 5.97 Å². The van der Waals surface area contributed by atoms with Crippen molar-refractivity contribution in [3.63, 3.8) is 0 Å². The Morgan fingerprint density at radius 2 is 1.46 bits per heavy atom. The zero-order valence-electron chi connectivity index (χ0n) is 14.7. The summed E-state index contributed by atoms with van der Waals surface area (Å²) in [5.74, 6) is 2.79. The number of benzene rings is 2. The summed E-state index contributed by atoms with van der Waals surface area (Å²) >= 11 is 0.